The van der Waals surface area contributed by atoms with Gasteiger partial charge in [-0.1, -0.05) is 43.7 Å². The first-order valence-corrected chi connectivity index (χ1v) is 10.4. The number of thioether (sulfide) groups is 1. The summed E-state index contributed by atoms with van der Waals surface area (Å²) in [6.07, 6.45) is 5.34. The zero-order valence-corrected chi connectivity index (χ0v) is 16.2. The monoisotopic (exact) mass is 378 g/mol. The van der Waals surface area contributed by atoms with Gasteiger partial charge in [0.2, 0.25) is 5.91 Å². The molecule has 1 saturated carbocycles. The first kappa shape index (κ1) is 17.9. The number of hydrogen-bond donors (Lipinski definition) is 1. The Hall–Kier alpha value is -2.52. The van der Waals surface area contributed by atoms with E-state index in [9.17, 15) is 10.1 Å². The van der Waals surface area contributed by atoms with Crippen LogP contribution in [0, 0.1) is 11.3 Å². The predicted molar refractivity (Wildman–Crippen MR) is 108 cm³/mol. The highest BCUT2D eigenvalue weighted by atomic mass is 32.2. The second-order valence-corrected chi connectivity index (χ2v) is 7.94. The van der Waals surface area contributed by atoms with Crippen LogP contribution in [0.25, 0.3) is 16.7 Å². The number of fused-ring (bicyclic) bond motifs is 3. The third kappa shape index (κ3) is 3.40. The van der Waals surface area contributed by atoms with Crippen molar-refractivity contribution in [2.75, 3.05) is 5.75 Å². The molecule has 1 aliphatic rings. The summed E-state index contributed by atoms with van der Waals surface area (Å²) in [5.41, 5.74) is 4.09. The number of benzene rings is 1. The number of rotatable bonds is 5. The van der Waals surface area contributed by atoms with Crippen LogP contribution in [0.5, 0.6) is 0 Å². The lowest BCUT2D eigenvalue weighted by molar-refractivity contribution is -0.119. The number of imidazole rings is 1. The summed E-state index contributed by atoms with van der Waals surface area (Å²) in [5, 5.41) is 13.8. The van der Waals surface area contributed by atoms with E-state index in [0.29, 0.717) is 23.0 Å². The summed E-state index contributed by atoms with van der Waals surface area (Å²) in [6.45, 7) is 2.04. The van der Waals surface area contributed by atoms with E-state index in [0.717, 1.165) is 40.9 Å². The molecule has 0 spiro atoms. The Balaban J connectivity index is 1.70. The molecule has 1 aromatic carbocycles. The molecule has 138 valence electrons. The maximum atomic E-state index is 12.4. The van der Waals surface area contributed by atoms with Crippen LogP contribution in [0.3, 0.4) is 0 Å². The van der Waals surface area contributed by atoms with Crippen molar-refractivity contribution >= 4 is 34.3 Å². The van der Waals surface area contributed by atoms with E-state index in [2.05, 4.69) is 11.4 Å². The summed E-state index contributed by atoms with van der Waals surface area (Å²) < 4.78 is 2.01. The van der Waals surface area contributed by atoms with Gasteiger partial charge in [-0.2, -0.15) is 5.26 Å². The molecule has 5 nitrogen and oxygen atoms in total. The van der Waals surface area contributed by atoms with Gasteiger partial charge in [-0.05, 0) is 43.0 Å². The van der Waals surface area contributed by atoms with Crippen molar-refractivity contribution in [1.82, 2.24) is 14.7 Å². The van der Waals surface area contributed by atoms with Crippen LogP contribution < -0.4 is 5.32 Å². The molecule has 1 N–H and O–H groups in total. The Morgan fingerprint density at radius 3 is 2.89 bits per heavy atom. The van der Waals surface area contributed by atoms with Gasteiger partial charge in [0.15, 0.2) is 5.65 Å². The van der Waals surface area contributed by atoms with Crippen LogP contribution in [0.1, 0.15) is 43.7 Å². The fourth-order valence-electron chi connectivity index (χ4n) is 3.83. The van der Waals surface area contributed by atoms with E-state index < -0.39 is 0 Å². The highest BCUT2D eigenvalue weighted by Crippen LogP contribution is 2.30. The van der Waals surface area contributed by atoms with Crippen LogP contribution >= 0.6 is 11.8 Å². The molecule has 0 atom stereocenters. The molecule has 0 unspecified atom stereocenters. The minimum Gasteiger partial charge on any atom is -0.353 e. The van der Waals surface area contributed by atoms with E-state index in [1.165, 1.54) is 24.6 Å². The molecule has 1 fully saturated rings. The average Bonchev–Trinajstić information content (AvgIpc) is 3.33. The lowest BCUT2D eigenvalue weighted by Crippen LogP contribution is -2.33. The van der Waals surface area contributed by atoms with E-state index in [-0.39, 0.29) is 5.91 Å². The van der Waals surface area contributed by atoms with Crippen molar-refractivity contribution in [2.45, 2.75) is 50.1 Å². The standard InChI is InChI=1S/C21H22N4OS/c1-2-14-11-20(27-13-19(26)23-15-7-3-4-8-15)25-18-10-6-5-9-17(18)24-21(25)16(14)12-22/h5-6,9-11,15H,2-4,7-8,13H2,1H3,(H,23,26). The fourth-order valence-corrected chi connectivity index (χ4v) is 4.73. The molecule has 0 bridgehead atoms. The predicted octanol–water partition coefficient (Wildman–Crippen LogP) is 4.07. The van der Waals surface area contributed by atoms with E-state index in [4.69, 9.17) is 4.98 Å². The summed E-state index contributed by atoms with van der Waals surface area (Å²) in [4.78, 5) is 17.1. The molecule has 1 amide bonds. The first-order chi connectivity index (χ1) is 13.2. The quantitative estimate of drug-likeness (QED) is 0.680. The van der Waals surface area contributed by atoms with Crippen molar-refractivity contribution in [3.8, 4) is 6.07 Å². The molecule has 27 heavy (non-hydrogen) atoms. The number of carbonyl (C=O) groups is 1. The van der Waals surface area contributed by atoms with Gasteiger partial charge >= 0.3 is 0 Å². The van der Waals surface area contributed by atoms with Crippen LogP contribution in [0.2, 0.25) is 0 Å². The minimum absolute atomic E-state index is 0.0758. The van der Waals surface area contributed by atoms with Gasteiger partial charge in [0.1, 0.15) is 6.07 Å². The number of hydrogen-bond acceptors (Lipinski definition) is 4. The molecule has 6 heteroatoms. The number of carbonyl (C=O) groups excluding carboxylic acids is 1. The Morgan fingerprint density at radius 2 is 2.15 bits per heavy atom. The van der Waals surface area contributed by atoms with Gasteiger partial charge in [-0.15, -0.1) is 0 Å². The average molecular weight is 379 g/mol. The summed E-state index contributed by atoms with van der Waals surface area (Å²) in [7, 11) is 0. The highest BCUT2D eigenvalue weighted by molar-refractivity contribution is 7.99. The molecule has 4 rings (SSSR count). The van der Waals surface area contributed by atoms with E-state index in [1.807, 2.05) is 41.7 Å². The largest absolute Gasteiger partial charge is 0.353 e. The molecular formula is C21H22N4OS. The second kappa shape index (κ2) is 7.61. The third-order valence-corrected chi connectivity index (χ3v) is 6.19. The Labute approximate surface area is 162 Å². The van der Waals surface area contributed by atoms with Crippen molar-refractivity contribution in [1.29, 1.82) is 5.26 Å². The van der Waals surface area contributed by atoms with Crippen molar-refractivity contribution in [3.05, 3.63) is 41.5 Å². The van der Waals surface area contributed by atoms with Crippen LogP contribution in [-0.2, 0) is 11.2 Å². The summed E-state index contributed by atoms with van der Waals surface area (Å²) >= 11 is 1.51. The maximum Gasteiger partial charge on any atom is 0.230 e. The number of pyridine rings is 1. The Kier molecular flexibility index (Phi) is 5.04. The highest BCUT2D eigenvalue weighted by Gasteiger charge is 2.19. The van der Waals surface area contributed by atoms with Crippen molar-refractivity contribution < 1.29 is 4.79 Å². The van der Waals surface area contributed by atoms with Gasteiger partial charge in [0.25, 0.3) is 0 Å². The second-order valence-electron chi connectivity index (χ2n) is 6.95. The normalized spacial score (nSPS) is 14.7. The van der Waals surface area contributed by atoms with E-state index >= 15 is 0 Å². The number of amides is 1. The summed E-state index contributed by atoms with van der Waals surface area (Å²) in [5.74, 6) is 0.444. The van der Waals surface area contributed by atoms with Gasteiger partial charge in [0.05, 0.1) is 27.4 Å². The minimum atomic E-state index is 0.0758. The number of para-hydroxylation sites is 2. The topological polar surface area (TPSA) is 70.2 Å². The zero-order valence-electron chi connectivity index (χ0n) is 15.4. The van der Waals surface area contributed by atoms with Gasteiger partial charge < -0.3 is 5.32 Å². The number of aryl methyl sites for hydroxylation is 1. The van der Waals surface area contributed by atoms with Crippen molar-refractivity contribution in [2.24, 2.45) is 0 Å². The fraction of sp³-hybridized carbons (Fsp3) is 0.381. The van der Waals surface area contributed by atoms with Crippen molar-refractivity contribution in [3.63, 3.8) is 0 Å². The van der Waals surface area contributed by atoms with Crippen LogP contribution in [0.4, 0.5) is 0 Å². The SMILES string of the molecule is CCc1cc(SCC(=O)NC2CCCC2)n2c(nc3ccccc32)c1C#N. The van der Waals surface area contributed by atoms with Gasteiger partial charge in [0, 0.05) is 6.04 Å². The molecule has 3 aromatic rings. The van der Waals surface area contributed by atoms with Crippen LogP contribution in [-0.4, -0.2) is 27.1 Å². The first-order valence-electron chi connectivity index (χ1n) is 9.46. The van der Waals surface area contributed by atoms with E-state index in [1.54, 1.807) is 0 Å². The molecule has 0 radical (unpaired) electrons. The lowest BCUT2D eigenvalue weighted by Gasteiger charge is -2.13. The molecule has 0 aliphatic heterocycles. The number of nitrogens with one attached hydrogen (secondary N) is 1. The zero-order chi connectivity index (χ0) is 18.8. The third-order valence-electron chi connectivity index (χ3n) is 5.19. The van der Waals surface area contributed by atoms with Gasteiger partial charge in [-0.3, -0.25) is 9.20 Å². The number of nitriles is 1. The number of nitrogens with zero attached hydrogens (tertiary/aromatic N) is 3. The maximum absolute atomic E-state index is 12.4. The molecular weight excluding hydrogens is 356 g/mol. The van der Waals surface area contributed by atoms with Crippen LogP contribution in [0.15, 0.2) is 35.4 Å². The molecule has 2 heterocycles. The molecule has 0 saturated heterocycles. The number of aromatic nitrogens is 2. The Bertz CT molecular complexity index is 1040. The lowest BCUT2D eigenvalue weighted by atomic mass is 10.1. The summed E-state index contributed by atoms with van der Waals surface area (Å²) in [6, 6.07) is 12.6. The Morgan fingerprint density at radius 1 is 1.37 bits per heavy atom. The smallest absolute Gasteiger partial charge is 0.230 e. The molecule has 2 aromatic heterocycles. The van der Waals surface area contributed by atoms with Gasteiger partial charge in [-0.25, -0.2) is 4.98 Å². The molecule has 1 aliphatic carbocycles.